The molecule has 4 nitrogen and oxygen atoms in total. The summed E-state index contributed by atoms with van der Waals surface area (Å²) in [5.41, 5.74) is 0.362. The number of aromatic nitrogens is 1. The van der Waals surface area contributed by atoms with Crippen LogP contribution in [-0.2, 0) is 11.2 Å². The third kappa shape index (κ3) is 1.09. The van der Waals surface area contributed by atoms with Gasteiger partial charge in [0.25, 0.3) is 0 Å². The summed E-state index contributed by atoms with van der Waals surface area (Å²) in [6, 6.07) is 0. The quantitative estimate of drug-likeness (QED) is 0.731. The van der Waals surface area contributed by atoms with E-state index >= 15 is 0 Å². The average molecular weight is 167 g/mol. The summed E-state index contributed by atoms with van der Waals surface area (Å²) in [5, 5.41) is 12.4. The molecule has 1 aliphatic rings. The van der Waals surface area contributed by atoms with Gasteiger partial charge in [-0.3, -0.25) is 4.79 Å². The van der Waals surface area contributed by atoms with E-state index in [1.165, 1.54) is 6.26 Å². The van der Waals surface area contributed by atoms with Crippen molar-refractivity contribution in [2.24, 2.45) is 5.41 Å². The Morgan fingerprint density at radius 3 is 2.92 bits per heavy atom. The Kier molecular flexibility index (Phi) is 1.43. The maximum absolute atomic E-state index is 10.8. The molecule has 2 rings (SSSR count). The second-order valence-corrected chi connectivity index (χ2v) is 3.29. The van der Waals surface area contributed by atoms with Crippen LogP contribution in [-0.4, -0.2) is 16.2 Å². The van der Waals surface area contributed by atoms with Crippen LogP contribution in [0.1, 0.15) is 18.4 Å². The van der Waals surface area contributed by atoms with Gasteiger partial charge < -0.3 is 9.63 Å². The fourth-order valence-corrected chi connectivity index (χ4v) is 1.32. The zero-order chi connectivity index (χ0) is 8.60. The van der Waals surface area contributed by atoms with Crippen LogP contribution in [0.5, 0.6) is 0 Å². The number of carboxylic acids is 1. The topological polar surface area (TPSA) is 63.3 Å². The van der Waals surface area contributed by atoms with Crippen molar-refractivity contribution in [1.82, 2.24) is 5.16 Å². The van der Waals surface area contributed by atoms with Crippen molar-refractivity contribution in [2.75, 3.05) is 0 Å². The summed E-state index contributed by atoms with van der Waals surface area (Å²) in [4.78, 5) is 10.8. The highest BCUT2D eigenvalue weighted by atomic mass is 16.5. The number of aliphatic carboxylic acids is 1. The summed E-state index contributed by atoms with van der Waals surface area (Å²) in [5.74, 6) is -0.705. The van der Waals surface area contributed by atoms with E-state index in [1.54, 1.807) is 6.20 Å². The lowest BCUT2D eigenvalue weighted by atomic mass is 9.99. The Morgan fingerprint density at radius 1 is 1.75 bits per heavy atom. The molecule has 1 heterocycles. The lowest BCUT2D eigenvalue weighted by Gasteiger charge is -2.05. The van der Waals surface area contributed by atoms with E-state index < -0.39 is 11.4 Å². The molecule has 1 aliphatic carbocycles. The van der Waals surface area contributed by atoms with Gasteiger partial charge in [-0.25, -0.2) is 0 Å². The van der Waals surface area contributed by atoms with Crippen LogP contribution in [0, 0.1) is 5.41 Å². The van der Waals surface area contributed by atoms with E-state index in [2.05, 4.69) is 9.68 Å². The second kappa shape index (κ2) is 2.33. The number of hydrogen-bond acceptors (Lipinski definition) is 3. The molecule has 0 aliphatic heterocycles. The third-order valence-electron chi connectivity index (χ3n) is 2.33. The summed E-state index contributed by atoms with van der Waals surface area (Å²) in [6.07, 6.45) is 5.17. The zero-order valence-corrected chi connectivity index (χ0v) is 6.49. The highest BCUT2D eigenvalue weighted by Gasteiger charge is 2.50. The van der Waals surface area contributed by atoms with Gasteiger partial charge in [-0.2, -0.15) is 0 Å². The van der Waals surface area contributed by atoms with Gasteiger partial charge in [0.2, 0.25) is 0 Å². The predicted octanol–water partition coefficient (Wildman–Crippen LogP) is 1.08. The minimum absolute atomic E-state index is 0.508. The van der Waals surface area contributed by atoms with Crippen molar-refractivity contribution >= 4 is 5.97 Å². The normalized spacial score (nSPS) is 19.0. The molecule has 1 saturated carbocycles. The molecule has 0 radical (unpaired) electrons. The Hall–Kier alpha value is -1.32. The van der Waals surface area contributed by atoms with Crippen LogP contribution < -0.4 is 0 Å². The van der Waals surface area contributed by atoms with Crippen molar-refractivity contribution in [2.45, 2.75) is 19.3 Å². The smallest absolute Gasteiger partial charge is 0.309 e. The van der Waals surface area contributed by atoms with E-state index in [0.29, 0.717) is 6.42 Å². The van der Waals surface area contributed by atoms with Gasteiger partial charge in [-0.1, -0.05) is 5.16 Å². The maximum atomic E-state index is 10.8. The molecule has 0 spiro atoms. The van der Waals surface area contributed by atoms with E-state index in [-0.39, 0.29) is 0 Å². The first-order valence-corrected chi connectivity index (χ1v) is 3.85. The molecule has 64 valence electrons. The molecule has 4 heteroatoms. The summed E-state index contributed by atoms with van der Waals surface area (Å²) in [6.45, 7) is 0. The number of hydrogen-bond donors (Lipinski definition) is 1. The fraction of sp³-hybridized carbons (Fsp3) is 0.500. The van der Waals surface area contributed by atoms with Crippen molar-refractivity contribution in [1.29, 1.82) is 0 Å². The largest absolute Gasteiger partial charge is 0.481 e. The standard InChI is InChI=1S/C8H9NO3/c10-7(11)8(1-2-8)3-6-4-9-12-5-6/h4-5H,1-3H2,(H,10,11). The van der Waals surface area contributed by atoms with Crippen LogP contribution in [0.3, 0.4) is 0 Å². The van der Waals surface area contributed by atoms with Crippen molar-refractivity contribution in [3.05, 3.63) is 18.0 Å². The van der Waals surface area contributed by atoms with Gasteiger partial charge in [0.1, 0.15) is 6.26 Å². The minimum Gasteiger partial charge on any atom is -0.481 e. The lowest BCUT2D eigenvalue weighted by molar-refractivity contribution is -0.143. The van der Waals surface area contributed by atoms with Gasteiger partial charge in [0.05, 0.1) is 11.6 Å². The molecule has 0 saturated heterocycles. The van der Waals surface area contributed by atoms with Gasteiger partial charge >= 0.3 is 5.97 Å². The Labute approximate surface area is 69.2 Å². The molecule has 0 aromatic carbocycles. The first kappa shape index (κ1) is 7.34. The average Bonchev–Trinajstić information content (AvgIpc) is 2.60. The summed E-state index contributed by atoms with van der Waals surface area (Å²) < 4.78 is 4.62. The maximum Gasteiger partial charge on any atom is 0.309 e. The molecule has 1 fully saturated rings. The van der Waals surface area contributed by atoms with Crippen molar-refractivity contribution in [3.63, 3.8) is 0 Å². The molecule has 0 atom stereocenters. The highest BCUT2D eigenvalue weighted by Crippen LogP contribution is 2.48. The first-order chi connectivity index (χ1) is 5.73. The van der Waals surface area contributed by atoms with E-state index in [9.17, 15) is 4.79 Å². The molecule has 0 amide bonds. The summed E-state index contributed by atoms with van der Waals surface area (Å²) in [7, 11) is 0. The number of nitrogens with zero attached hydrogens (tertiary/aromatic N) is 1. The van der Waals surface area contributed by atoms with Crippen molar-refractivity contribution < 1.29 is 14.4 Å². The number of carboxylic acid groups (broad SMARTS) is 1. The Bertz CT molecular complexity index is 287. The van der Waals surface area contributed by atoms with Crippen LogP contribution in [0.15, 0.2) is 17.0 Å². The lowest BCUT2D eigenvalue weighted by Crippen LogP contribution is -2.17. The summed E-state index contributed by atoms with van der Waals surface area (Å²) >= 11 is 0. The first-order valence-electron chi connectivity index (χ1n) is 3.85. The molecule has 0 unspecified atom stereocenters. The van der Waals surface area contributed by atoms with Gasteiger partial charge in [0, 0.05) is 5.56 Å². The predicted molar refractivity (Wildman–Crippen MR) is 39.5 cm³/mol. The zero-order valence-electron chi connectivity index (χ0n) is 6.49. The van der Waals surface area contributed by atoms with Crippen LogP contribution in [0.4, 0.5) is 0 Å². The minimum atomic E-state index is -0.705. The molecule has 1 aromatic heterocycles. The van der Waals surface area contributed by atoms with Gasteiger partial charge in [0.15, 0.2) is 0 Å². The van der Waals surface area contributed by atoms with E-state index in [1.807, 2.05) is 0 Å². The number of carbonyl (C=O) groups is 1. The van der Waals surface area contributed by atoms with Crippen LogP contribution in [0.2, 0.25) is 0 Å². The highest BCUT2D eigenvalue weighted by molar-refractivity contribution is 5.78. The van der Waals surface area contributed by atoms with Gasteiger partial charge in [-0.15, -0.1) is 0 Å². The second-order valence-electron chi connectivity index (χ2n) is 3.29. The molecule has 1 N–H and O–H groups in total. The SMILES string of the molecule is O=C(O)C1(Cc2cnoc2)CC1. The van der Waals surface area contributed by atoms with Crippen LogP contribution >= 0.6 is 0 Å². The number of rotatable bonds is 3. The van der Waals surface area contributed by atoms with E-state index in [0.717, 1.165) is 18.4 Å². The molecule has 0 bridgehead atoms. The van der Waals surface area contributed by atoms with E-state index in [4.69, 9.17) is 5.11 Å². The van der Waals surface area contributed by atoms with Crippen LogP contribution in [0.25, 0.3) is 0 Å². The Morgan fingerprint density at radius 2 is 2.50 bits per heavy atom. The van der Waals surface area contributed by atoms with Crippen molar-refractivity contribution in [3.8, 4) is 0 Å². The Balaban J connectivity index is 2.09. The molecular formula is C8H9NO3. The third-order valence-corrected chi connectivity index (χ3v) is 2.33. The molecule has 1 aromatic rings. The molecule has 12 heavy (non-hydrogen) atoms. The fourth-order valence-electron chi connectivity index (χ4n) is 1.32. The van der Waals surface area contributed by atoms with Gasteiger partial charge in [-0.05, 0) is 19.3 Å². The monoisotopic (exact) mass is 167 g/mol. The molecular weight excluding hydrogens is 158 g/mol.